The number of carbonyl (C=O) groups excluding carboxylic acids is 1. The molecule has 2 fully saturated rings. The first-order valence-corrected chi connectivity index (χ1v) is 11.8. The quantitative estimate of drug-likeness (QED) is 0.574. The van der Waals surface area contributed by atoms with Gasteiger partial charge in [0.2, 0.25) is 0 Å². The van der Waals surface area contributed by atoms with E-state index in [0.29, 0.717) is 24.6 Å². The molecule has 0 bridgehead atoms. The van der Waals surface area contributed by atoms with Crippen LogP contribution in [0.1, 0.15) is 41.9 Å². The van der Waals surface area contributed by atoms with Crippen molar-refractivity contribution in [3.05, 3.63) is 54.1 Å². The van der Waals surface area contributed by atoms with Gasteiger partial charge in [0.1, 0.15) is 17.0 Å². The van der Waals surface area contributed by atoms with E-state index < -0.39 is 0 Å². The van der Waals surface area contributed by atoms with Gasteiger partial charge in [0.05, 0.1) is 37.1 Å². The summed E-state index contributed by atoms with van der Waals surface area (Å²) in [5, 5.41) is 12.3. The van der Waals surface area contributed by atoms with E-state index in [-0.39, 0.29) is 24.7 Å². The Morgan fingerprint density at radius 1 is 1.12 bits per heavy atom. The van der Waals surface area contributed by atoms with Crippen molar-refractivity contribution in [1.82, 2.24) is 20.3 Å². The molecular formula is C25H29N5O4. The number of morpholine rings is 1. The normalized spacial score (nSPS) is 20.8. The molecule has 34 heavy (non-hydrogen) atoms. The molecule has 3 heterocycles. The molecule has 1 amide bonds. The van der Waals surface area contributed by atoms with Gasteiger partial charge in [0.25, 0.3) is 5.91 Å². The van der Waals surface area contributed by atoms with Gasteiger partial charge in [-0.05, 0) is 43.9 Å². The summed E-state index contributed by atoms with van der Waals surface area (Å²) in [6, 6.07) is 9.29. The third kappa shape index (κ3) is 5.10. The van der Waals surface area contributed by atoms with Crippen LogP contribution in [-0.4, -0.2) is 64.4 Å². The highest BCUT2D eigenvalue weighted by Gasteiger charge is 2.25. The number of benzene rings is 1. The number of rotatable bonds is 6. The molecule has 5 rings (SSSR count). The fourth-order valence-corrected chi connectivity index (χ4v) is 4.58. The van der Waals surface area contributed by atoms with Gasteiger partial charge in [-0.15, -0.1) is 0 Å². The predicted octanol–water partition coefficient (Wildman–Crippen LogP) is 2.47. The van der Waals surface area contributed by atoms with Crippen LogP contribution in [0.15, 0.2) is 42.7 Å². The summed E-state index contributed by atoms with van der Waals surface area (Å²) < 4.78 is 11.9. The maximum Gasteiger partial charge on any atom is 0.270 e. The van der Waals surface area contributed by atoms with Gasteiger partial charge < -0.3 is 24.8 Å². The predicted molar refractivity (Wildman–Crippen MR) is 127 cm³/mol. The second-order valence-electron chi connectivity index (χ2n) is 8.70. The van der Waals surface area contributed by atoms with Crippen molar-refractivity contribution in [2.24, 2.45) is 0 Å². The van der Waals surface area contributed by atoms with Crippen LogP contribution in [-0.2, 0) is 11.3 Å². The maximum absolute atomic E-state index is 12.6. The molecule has 9 nitrogen and oxygen atoms in total. The number of anilines is 1. The second kappa shape index (κ2) is 10.3. The number of fused-ring (bicyclic) bond motifs is 1. The fourth-order valence-electron chi connectivity index (χ4n) is 4.58. The number of hydrogen-bond acceptors (Lipinski definition) is 8. The molecule has 0 radical (unpaired) electrons. The smallest absolute Gasteiger partial charge is 0.270 e. The average molecular weight is 464 g/mol. The van der Waals surface area contributed by atoms with Crippen LogP contribution in [0.4, 0.5) is 5.69 Å². The first-order valence-electron chi connectivity index (χ1n) is 11.8. The Kier molecular flexibility index (Phi) is 6.82. The van der Waals surface area contributed by atoms with Gasteiger partial charge in [0, 0.05) is 43.3 Å². The molecule has 2 aromatic heterocycles. The summed E-state index contributed by atoms with van der Waals surface area (Å²) in [5.41, 5.74) is 3.48. The molecular weight excluding hydrogens is 434 g/mol. The minimum Gasteiger partial charge on any atom is -0.488 e. The minimum absolute atomic E-state index is 0.0501. The number of pyridine rings is 1. The van der Waals surface area contributed by atoms with Crippen molar-refractivity contribution in [3.8, 4) is 5.75 Å². The summed E-state index contributed by atoms with van der Waals surface area (Å²) in [6.45, 7) is 2.92. The Labute approximate surface area is 198 Å². The van der Waals surface area contributed by atoms with Crippen LogP contribution in [0, 0.1) is 0 Å². The van der Waals surface area contributed by atoms with E-state index in [4.69, 9.17) is 9.47 Å². The highest BCUT2D eigenvalue weighted by Crippen LogP contribution is 2.33. The molecule has 2 N–H and O–H groups in total. The molecule has 178 valence electrons. The Morgan fingerprint density at radius 2 is 1.91 bits per heavy atom. The zero-order valence-electron chi connectivity index (χ0n) is 19.0. The molecule has 1 aromatic carbocycles. The molecule has 2 aliphatic rings. The monoisotopic (exact) mass is 463 g/mol. The number of hydrogen-bond donors (Lipinski definition) is 2. The summed E-state index contributed by atoms with van der Waals surface area (Å²) in [6.07, 6.45) is 6.75. The first-order chi connectivity index (χ1) is 16.7. The zero-order chi connectivity index (χ0) is 23.3. The van der Waals surface area contributed by atoms with Crippen LogP contribution < -0.4 is 15.0 Å². The first kappa shape index (κ1) is 22.5. The average Bonchev–Trinajstić information content (AvgIpc) is 2.90. The van der Waals surface area contributed by atoms with E-state index in [2.05, 4.69) is 37.3 Å². The van der Waals surface area contributed by atoms with Crippen LogP contribution >= 0.6 is 0 Å². The van der Waals surface area contributed by atoms with Crippen molar-refractivity contribution >= 4 is 22.6 Å². The van der Waals surface area contributed by atoms with E-state index in [1.165, 1.54) is 0 Å². The fraction of sp³-hybridized carbons (Fsp3) is 0.440. The molecule has 0 atom stereocenters. The van der Waals surface area contributed by atoms with Crippen molar-refractivity contribution in [2.45, 2.75) is 44.4 Å². The summed E-state index contributed by atoms with van der Waals surface area (Å²) in [5.74, 6) is 0.545. The number of nitrogens with zero attached hydrogens (tertiary/aromatic N) is 4. The number of ether oxygens (including phenoxy) is 2. The van der Waals surface area contributed by atoms with Crippen LogP contribution in [0.25, 0.3) is 11.0 Å². The summed E-state index contributed by atoms with van der Waals surface area (Å²) in [7, 11) is 0. The Hall–Kier alpha value is -3.30. The summed E-state index contributed by atoms with van der Waals surface area (Å²) in [4.78, 5) is 28.1. The summed E-state index contributed by atoms with van der Waals surface area (Å²) >= 11 is 0. The number of carbonyl (C=O) groups is 1. The standard InChI is InChI=1S/C25H29N5O4/c31-16-18-2-1-3-21(28-18)25(32)29-17-4-6-20(7-5-17)34-23-15-19(30-10-12-33-13-11-30)14-22-24(23)27-9-8-26-22/h1-3,8-9,14-15,17,20,31H,4-7,10-13,16H2,(H,29,32)/t17-,20+. The Bertz CT molecular complexity index is 1140. The lowest BCUT2D eigenvalue weighted by Gasteiger charge is -2.31. The van der Waals surface area contributed by atoms with E-state index in [1.807, 2.05) is 0 Å². The zero-order valence-corrected chi connectivity index (χ0v) is 19.0. The van der Waals surface area contributed by atoms with Gasteiger partial charge in [-0.2, -0.15) is 0 Å². The topological polar surface area (TPSA) is 110 Å². The molecule has 1 aliphatic carbocycles. The maximum atomic E-state index is 12.6. The minimum atomic E-state index is -0.209. The SMILES string of the molecule is O=C(N[C@H]1CC[C@@H](Oc2cc(N3CCOCC3)cc3nccnc23)CC1)c1cccc(CO)n1. The third-order valence-corrected chi connectivity index (χ3v) is 6.40. The molecule has 0 spiro atoms. The van der Waals surface area contributed by atoms with Crippen LogP contribution in [0.5, 0.6) is 5.75 Å². The molecule has 1 saturated heterocycles. The molecule has 9 heteroatoms. The Balaban J connectivity index is 1.23. The lowest BCUT2D eigenvalue weighted by molar-refractivity contribution is 0.0889. The van der Waals surface area contributed by atoms with Crippen molar-refractivity contribution in [2.75, 3.05) is 31.2 Å². The number of aliphatic hydroxyl groups is 1. The van der Waals surface area contributed by atoms with Crippen molar-refractivity contribution in [3.63, 3.8) is 0 Å². The molecule has 0 unspecified atom stereocenters. The lowest BCUT2D eigenvalue weighted by atomic mass is 9.92. The molecule has 3 aromatic rings. The van der Waals surface area contributed by atoms with Gasteiger partial charge in [0.15, 0.2) is 0 Å². The van der Waals surface area contributed by atoms with Gasteiger partial charge >= 0.3 is 0 Å². The van der Waals surface area contributed by atoms with E-state index in [0.717, 1.165) is 61.2 Å². The van der Waals surface area contributed by atoms with E-state index >= 15 is 0 Å². The van der Waals surface area contributed by atoms with Crippen LogP contribution in [0.3, 0.4) is 0 Å². The third-order valence-electron chi connectivity index (χ3n) is 6.40. The van der Waals surface area contributed by atoms with Gasteiger partial charge in [-0.25, -0.2) is 9.97 Å². The van der Waals surface area contributed by atoms with Crippen molar-refractivity contribution in [1.29, 1.82) is 0 Å². The number of aliphatic hydroxyl groups excluding tert-OH is 1. The van der Waals surface area contributed by atoms with Gasteiger partial charge in [-0.3, -0.25) is 9.78 Å². The number of nitrogens with one attached hydrogen (secondary N) is 1. The number of aromatic nitrogens is 3. The highest BCUT2D eigenvalue weighted by atomic mass is 16.5. The van der Waals surface area contributed by atoms with Gasteiger partial charge in [-0.1, -0.05) is 6.07 Å². The molecule has 1 saturated carbocycles. The van der Waals surface area contributed by atoms with E-state index in [1.54, 1.807) is 30.6 Å². The lowest BCUT2D eigenvalue weighted by Crippen LogP contribution is -2.40. The molecule has 1 aliphatic heterocycles. The van der Waals surface area contributed by atoms with Crippen LogP contribution in [0.2, 0.25) is 0 Å². The van der Waals surface area contributed by atoms with E-state index in [9.17, 15) is 9.90 Å². The number of amides is 1. The largest absolute Gasteiger partial charge is 0.488 e. The second-order valence-corrected chi connectivity index (χ2v) is 8.70. The Morgan fingerprint density at radius 3 is 2.71 bits per heavy atom. The van der Waals surface area contributed by atoms with Crippen molar-refractivity contribution < 1.29 is 19.4 Å². The highest BCUT2D eigenvalue weighted by molar-refractivity contribution is 5.92.